The zero-order chi connectivity index (χ0) is 29.7. The molecule has 0 radical (unpaired) electrons. The molecule has 40 heavy (non-hydrogen) atoms. The molecule has 0 aliphatic carbocycles. The molecule has 1 aromatic carbocycles. The summed E-state index contributed by atoms with van der Waals surface area (Å²) in [5.41, 5.74) is 1.37. The van der Waals surface area contributed by atoms with Crippen LogP contribution in [-0.2, 0) is 36.7 Å². The van der Waals surface area contributed by atoms with E-state index < -0.39 is 15.2 Å². The number of benzene rings is 1. The molecule has 9 nitrogen and oxygen atoms in total. The first kappa shape index (κ1) is 37.4. The normalized spacial score (nSPS) is 14.1. The maximum atomic E-state index is 13.0. The molecule has 0 saturated carbocycles. The minimum absolute atomic E-state index is 0.208. The Morgan fingerprint density at radius 2 is 1.23 bits per heavy atom. The van der Waals surface area contributed by atoms with Gasteiger partial charge in [-0.1, -0.05) is 50.6 Å². The van der Waals surface area contributed by atoms with Crippen molar-refractivity contribution in [3.05, 3.63) is 35.9 Å². The second-order valence-electron chi connectivity index (χ2n) is 9.75. The van der Waals surface area contributed by atoms with Crippen LogP contribution in [0.15, 0.2) is 30.3 Å². The molecular formula is C29H55NO8P2. The smallest absolute Gasteiger partial charge is 0.331 e. The van der Waals surface area contributed by atoms with Crippen LogP contribution in [0.1, 0.15) is 72.3 Å². The van der Waals surface area contributed by atoms with Crippen molar-refractivity contribution < 1.29 is 36.7 Å². The van der Waals surface area contributed by atoms with Gasteiger partial charge in [0, 0.05) is 19.7 Å². The molecule has 0 N–H and O–H groups in total. The molecule has 0 amide bonds. The molecule has 0 aliphatic heterocycles. The summed E-state index contributed by atoms with van der Waals surface area (Å²) in [6.45, 7) is 15.5. The fourth-order valence-electron chi connectivity index (χ4n) is 4.33. The van der Waals surface area contributed by atoms with Gasteiger partial charge in [0.05, 0.1) is 58.7 Å². The number of hydrogen-bond acceptors (Lipinski definition) is 9. The summed E-state index contributed by atoms with van der Waals surface area (Å²) in [7, 11) is -6.44. The minimum Gasteiger partial charge on any atom is -0.379 e. The van der Waals surface area contributed by atoms with E-state index in [0.717, 1.165) is 12.8 Å². The molecule has 0 spiro atoms. The second-order valence-corrected chi connectivity index (χ2v) is 14.1. The van der Waals surface area contributed by atoms with E-state index in [2.05, 4.69) is 44.2 Å². The lowest BCUT2D eigenvalue weighted by Crippen LogP contribution is -2.33. The van der Waals surface area contributed by atoms with Crippen LogP contribution in [0.25, 0.3) is 0 Å². The Balaban J connectivity index is 2.60. The first-order valence-electron chi connectivity index (χ1n) is 14.9. The third-order valence-electron chi connectivity index (χ3n) is 6.59. The van der Waals surface area contributed by atoms with Crippen LogP contribution < -0.4 is 0 Å². The van der Waals surface area contributed by atoms with E-state index in [-0.39, 0.29) is 19.1 Å². The van der Waals surface area contributed by atoms with Crippen molar-refractivity contribution in [2.75, 3.05) is 78.4 Å². The number of nitrogens with zero attached hydrogens (tertiary/aromatic N) is 1. The number of ether oxygens (including phenoxy) is 2. The highest BCUT2D eigenvalue weighted by molar-refractivity contribution is 7.54. The SMILES string of the molecule is CCOP(=O)(CCN(CCP(=O)(OCC)OCC)COCCOCCC(CC(C)CC)c1ccccc1)OCC. The molecule has 2 unspecified atom stereocenters. The molecule has 0 heterocycles. The Morgan fingerprint density at radius 3 is 1.70 bits per heavy atom. The van der Waals surface area contributed by atoms with Crippen LogP contribution in [-0.4, -0.2) is 83.3 Å². The van der Waals surface area contributed by atoms with Gasteiger partial charge in [0.1, 0.15) is 0 Å². The Hall–Kier alpha value is -0.600. The third kappa shape index (κ3) is 16.1. The second kappa shape index (κ2) is 22.0. The highest BCUT2D eigenvalue weighted by Crippen LogP contribution is 2.49. The largest absolute Gasteiger partial charge is 0.379 e. The lowest BCUT2D eigenvalue weighted by atomic mass is 9.86. The van der Waals surface area contributed by atoms with Crippen molar-refractivity contribution in [3.63, 3.8) is 0 Å². The fourth-order valence-corrected chi connectivity index (χ4v) is 7.62. The van der Waals surface area contributed by atoms with E-state index in [4.69, 9.17) is 27.6 Å². The van der Waals surface area contributed by atoms with Crippen molar-refractivity contribution in [2.24, 2.45) is 5.92 Å². The van der Waals surface area contributed by atoms with Gasteiger partial charge in [0.15, 0.2) is 0 Å². The van der Waals surface area contributed by atoms with Crippen molar-refractivity contribution in [1.29, 1.82) is 0 Å². The first-order chi connectivity index (χ1) is 19.2. The van der Waals surface area contributed by atoms with Crippen molar-refractivity contribution in [2.45, 2.75) is 66.7 Å². The van der Waals surface area contributed by atoms with E-state index in [1.165, 1.54) is 12.0 Å². The first-order valence-corrected chi connectivity index (χ1v) is 18.4. The number of hydrogen-bond donors (Lipinski definition) is 0. The van der Waals surface area contributed by atoms with E-state index in [1.807, 2.05) is 4.90 Å². The maximum absolute atomic E-state index is 13.0. The summed E-state index contributed by atoms with van der Waals surface area (Å²) in [5.74, 6) is 1.14. The lowest BCUT2D eigenvalue weighted by molar-refractivity contribution is -0.00420. The summed E-state index contributed by atoms with van der Waals surface area (Å²) in [6.07, 6.45) is 3.70. The molecule has 1 aromatic rings. The standard InChI is InChI=1S/C29H55NO8P2/c1-7-27(6)25-29(28-15-13-12-14-16-28)17-20-33-21-22-34-26-30(18-23-39(31,35-8-2)36-9-3)19-24-40(32,37-10-4)38-11-5/h12-16,27,29H,7-11,17-26H2,1-6H3. The molecule has 0 bridgehead atoms. The van der Waals surface area contributed by atoms with Gasteiger partial charge < -0.3 is 27.6 Å². The predicted molar refractivity (Wildman–Crippen MR) is 163 cm³/mol. The fraction of sp³-hybridized carbons (Fsp3) is 0.793. The topological polar surface area (TPSA) is 92.8 Å². The van der Waals surface area contributed by atoms with Gasteiger partial charge in [-0.25, -0.2) is 0 Å². The van der Waals surface area contributed by atoms with Crippen LogP contribution in [0.4, 0.5) is 0 Å². The van der Waals surface area contributed by atoms with Gasteiger partial charge in [0.2, 0.25) is 0 Å². The zero-order valence-corrected chi connectivity index (χ0v) is 27.5. The summed E-state index contributed by atoms with van der Waals surface area (Å²) < 4.78 is 59.5. The minimum atomic E-state index is -3.22. The Labute approximate surface area is 243 Å². The van der Waals surface area contributed by atoms with E-state index >= 15 is 0 Å². The van der Waals surface area contributed by atoms with Gasteiger partial charge in [-0.15, -0.1) is 0 Å². The average molecular weight is 608 g/mol. The number of rotatable bonds is 26. The van der Waals surface area contributed by atoms with Crippen LogP contribution >= 0.6 is 15.2 Å². The lowest BCUT2D eigenvalue weighted by Gasteiger charge is -2.26. The predicted octanol–water partition coefficient (Wildman–Crippen LogP) is 7.42. The van der Waals surface area contributed by atoms with Crippen LogP contribution in [0, 0.1) is 5.92 Å². The maximum Gasteiger partial charge on any atom is 0.331 e. The molecule has 234 valence electrons. The average Bonchev–Trinajstić information content (AvgIpc) is 2.93. The quantitative estimate of drug-likeness (QED) is 0.0606. The van der Waals surface area contributed by atoms with Crippen molar-refractivity contribution in [1.82, 2.24) is 4.90 Å². The van der Waals surface area contributed by atoms with Crippen LogP contribution in [0.3, 0.4) is 0 Å². The van der Waals surface area contributed by atoms with Crippen molar-refractivity contribution in [3.8, 4) is 0 Å². The Kier molecular flexibility index (Phi) is 20.6. The van der Waals surface area contributed by atoms with Crippen molar-refractivity contribution >= 4 is 15.2 Å². The summed E-state index contributed by atoms with van der Waals surface area (Å²) in [4.78, 5) is 1.94. The molecular weight excluding hydrogens is 552 g/mol. The zero-order valence-electron chi connectivity index (χ0n) is 25.8. The molecule has 2 atom stereocenters. The third-order valence-corrected chi connectivity index (χ3v) is 10.7. The molecule has 0 saturated heterocycles. The monoisotopic (exact) mass is 607 g/mol. The van der Waals surface area contributed by atoms with Gasteiger partial charge >= 0.3 is 15.2 Å². The Morgan fingerprint density at radius 1 is 0.725 bits per heavy atom. The van der Waals surface area contributed by atoms with Gasteiger partial charge in [0.25, 0.3) is 0 Å². The molecule has 11 heteroatoms. The van der Waals surface area contributed by atoms with E-state index in [9.17, 15) is 9.13 Å². The summed E-state index contributed by atoms with van der Waals surface area (Å²) >= 11 is 0. The van der Waals surface area contributed by atoms with Crippen LogP contribution in [0.2, 0.25) is 0 Å². The molecule has 0 fully saturated rings. The van der Waals surface area contributed by atoms with Gasteiger partial charge in [-0.05, 0) is 57.9 Å². The highest BCUT2D eigenvalue weighted by Gasteiger charge is 2.28. The Bertz CT molecular complexity index is 791. The summed E-state index contributed by atoms with van der Waals surface area (Å²) in [5, 5.41) is 0. The molecule has 1 rings (SSSR count). The van der Waals surface area contributed by atoms with E-state index in [1.54, 1.807) is 27.7 Å². The highest BCUT2D eigenvalue weighted by atomic mass is 31.2. The van der Waals surface area contributed by atoms with Crippen LogP contribution in [0.5, 0.6) is 0 Å². The molecule has 0 aromatic heterocycles. The molecule has 0 aliphatic rings. The summed E-state index contributed by atoms with van der Waals surface area (Å²) in [6, 6.07) is 10.7. The van der Waals surface area contributed by atoms with E-state index in [0.29, 0.717) is 71.2 Å². The van der Waals surface area contributed by atoms with Gasteiger partial charge in [-0.3, -0.25) is 14.0 Å². The van der Waals surface area contributed by atoms with Gasteiger partial charge in [-0.2, -0.15) is 0 Å².